The summed E-state index contributed by atoms with van der Waals surface area (Å²) in [5, 5.41) is 3.94. The molecule has 0 aromatic carbocycles. The Labute approximate surface area is 168 Å². The molecule has 1 aromatic heterocycles. The molecule has 0 unspecified atom stereocenters. The van der Waals surface area contributed by atoms with Gasteiger partial charge in [-0.2, -0.15) is 0 Å². The smallest absolute Gasteiger partial charge is 0.236 e. The van der Waals surface area contributed by atoms with Gasteiger partial charge >= 0.3 is 0 Å². The molecule has 154 valence electrons. The van der Waals surface area contributed by atoms with Gasteiger partial charge in [-0.1, -0.05) is 26.3 Å². The molecule has 1 saturated heterocycles. The number of Topliss-reactive ketones (excluding diaryl/α,β-unsaturated/α-hetero) is 1. The van der Waals surface area contributed by atoms with Crippen molar-refractivity contribution in [2.24, 2.45) is 5.41 Å². The highest BCUT2D eigenvalue weighted by atomic mass is 16.2. The maximum atomic E-state index is 12.7. The van der Waals surface area contributed by atoms with E-state index in [9.17, 15) is 14.4 Å². The number of nitrogens with zero attached hydrogens (tertiary/aromatic N) is 3. The van der Waals surface area contributed by atoms with Crippen molar-refractivity contribution in [3.05, 3.63) is 30.1 Å². The van der Waals surface area contributed by atoms with Gasteiger partial charge < -0.3 is 0 Å². The maximum absolute atomic E-state index is 12.7. The normalized spacial score (nSPS) is 15.4. The van der Waals surface area contributed by atoms with Gasteiger partial charge in [-0.3, -0.25) is 24.4 Å². The third-order valence-electron chi connectivity index (χ3n) is 5.51. The molecule has 1 aromatic rings. The van der Waals surface area contributed by atoms with Crippen LogP contribution in [-0.2, 0) is 20.8 Å². The zero-order valence-electron chi connectivity index (χ0n) is 17.2. The molecule has 2 heterocycles. The first-order valence-electron chi connectivity index (χ1n) is 10.4. The summed E-state index contributed by atoms with van der Waals surface area (Å²) in [4.78, 5) is 39.4. The fraction of sp³-hybridized carbons (Fsp3) is 0.636. The minimum atomic E-state index is -0.680. The SMILES string of the molecule is CC(C)(CCN1CCCCN1C(=O)CCCCCc1cccnc1)C(=O)C=O. The second kappa shape index (κ2) is 11.1. The van der Waals surface area contributed by atoms with Gasteiger partial charge in [0.05, 0.1) is 0 Å². The standard InChI is InChI=1S/C22H33N3O3/c1-22(2,20(27)18-26)12-16-24-14-6-7-15-25(24)21(28)11-5-3-4-9-19-10-8-13-23-17-19/h8,10,13,17-18H,3-7,9,11-12,14-16H2,1-2H3. The lowest BCUT2D eigenvalue weighted by Gasteiger charge is -2.40. The second-order valence-electron chi connectivity index (χ2n) is 8.22. The van der Waals surface area contributed by atoms with Gasteiger partial charge in [0.25, 0.3) is 0 Å². The molecule has 6 heteroatoms. The summed E-state index contributed by atoms with van der Waals surface area (Å²) in [6.45, 7) is 5.79. The van der Waals surface area contributed by atoms with E-state index in [1.165, 1.54) is 5.56 Å². The molecular formula is C22H33N3O3. The average Bonchev–Trinajstić information content (AvgIpc) is 2.72. The minimum Gasteiger partial charge on any atom is -0.295 e. The van der Waals surface area contributed by atoms with Crippen molar-refractivity contribution in [1.29, 1.82) is 0 Å². The zero-order chi connectivity index (χ0) is 20.4. The van der Waals surface area contributed by atoms with Gasteiger partial charge in [0.15, 0.2) is 6.29 Å². The van der Waals surface area contributed by atoms with Gasteiger partial charge in [0, 0.05) is 43.9 Å². The number of rotatable bonds is 11. The van der Waals surface area contributed by atoms with Crippen LogP contribution in [0.4, 0.5) is 0 Å². The van der Waals surface area contributed by atoms with E-state index in [0.29, 0.717) is 25.7 Å². The molecule has 0 spiro atoms. The van der Waals surface area contributed by atoms with Crippen LogP contribution in [-0.4, -0.2) is 52.6 Å². The van der Waals surface area contributed by atoms with Crippen molar-refractivity contribution in [2.75, 3.05) is 19.6 Å². The predicted octanol–water partition coefficient (Wildman–Crippen LogP) is 3.21. The fourth-order valence-electron chi connectivity index (χ4n) is 3.48. The van der Waals surface area contributed by atoms with Crippen molar-refractivity contribution in [3.8, 4) is 0 Å². The Morgan fingerprint density at radius 2 is 1.96 bits per heavy atom. The van der Waals surface area contributed by atoms with E-state index in [1.807, 2.05) is 17.3 Å². The van der Waals surface area contributed by atoms with Crippen LogP contribution in [0.25, 0.3) is 0 Å². The lowest BCUT2D eigenvalue weighted by Crippen LogP contribution is -2.51. The summed E-state index contributed by atoms with van der Waals surface area (Å²) in [6, 6.07) is 4.04. The molecule has 6 nitrogen and oxygen atoms in total. The van der Waals surface area contributed by atoms with Crippen LogP contribution < -0.4 is 0 Å². The van der Waals surface area contributed by atoms with Gasteiger partial charge in [-0.05, 0) is 50.2 Å². The monoisotopic (exact) mass is 387 g/mol. The van der Waals surface area contributed by atoms with E-state index in [2.05, 4.69) is 16.1 Å². The number of amides is 1. The molecule has 0 N–H and O–H groups in total. The van der Waals surface area contributed by atoms with Crippen LogP contribution in [0.2, 0.25) is 0 Å². The number of hydrogen-bond donors (Lipinski definition) is 0. The van der Waals surface area contributed by atoms with E-state index < -0.39 is 5.41 Å². The van der Waals surface area contributed by atoms with Gasteiger partial charge in [0.1, 0.15) is 0 Å². The Balaban J connectivity index is 1.74. The van der Waals surface area contributed by atoms with Crippen LogP contribution in [0.15, 0.2) is 24.5 Å². The third-order valence-corrected chi connectivity index (χ3v) is 5.51. The summed E-state index contributed by atoms with van der Waals surface area (Å²) in [5.74, 6) is -0.211. The maximum Gasteiger partial charge on any atom is 0.236 e. The molecule has 0 saturated carbocycles. The summed E-state index contributed by atoms with van der Waals surface area (Å²) in [5.41, 5.74) is 0.559. The Morgan fingerprint density at radius 1 is 1.18 bits per heavy atom. The van der Waals surface area contributed by atoms with Crippen molar-refractivity contribution in [1.82, 2.24) is 15.0 Å². The molecule has 1 amide bonds. The quantitative estimate of drug-likeness (QED) is 0.331. The van der Waals surface area contributed by atoms with Crippen LogP contribution in [0, 0.1) is 5.41 Å². The number of hydrogen-bond acceptors (Lipinski definition) is 5. The summed E-state index contributed by atoms with van der Waals surface area (Å²) in [6.07, 6.45) is 11.2. The Kier molecular flexibility index (Phi) is 8.77. The lowest BCUT2D eigenvalue weighted by molar-refractivity contribution is -0.154. The average molecular weight is 388 g/mol. The minimum absolute atomic E-state index is 0.167. The molecule has 1 aliphatic rings. The number of aromatic nitrogens is 1. The highest BCUT2D eigenvalue weighted by Gasteiger charge is 2.30. The van der Waals surface area contributed by atoms with Crippen LogP contribution >= 0.6 is 0 Å². The fourth-order valence-corrected chi connectivity index (χ4v) is 3.48. The number of pyridine rings is 1. The number of hydrazine groups is 1. The number of aryl methyl sites for hydroxylation is 1. The Hall–Kier alpha value is -2.08. The Bertz CT molecular complexity index is 646. The number of carbonyl (C=O) groups is 3. The molecule has 0 atom stereocenters. The van der Waals surface area contributed by atoms with Gasteiger partial charge in [-0.25, -0.2) is 5.01 Å². The second-order valence-corrected chi connectivity index (χ2v) is 8.22. The number of carbonyl (C=O) groups excluding carboxylic acids is 3. The van der Waals surface area contributed by atoms with E-state index in [-0.39, 0.29) is 11.7 Å². The topological polar surface area (TPSA) is 70.6 Å². The highest BCUT2D eigenvalue weighted by molar-refractivity contribution is 6.27. The molecule has 1 fully saturated rings. The molecular weight excluding hydrogens is 354 g/mol. The van der Waals surface area contributed by atoms with Crippen LogP contribution in [0.1, 0.15) is 64.4 Å². The summed E-state index contributed by atoms with van der Waals surface area (Å²) in [7, 11) is 0. The first-order valence-corrected chi connectivity index (χ1v) is 10.4. The van der Waals surface area contributed by atoms with Crippen LogP contribution in [0.5, 0.6) is 0 Å². The largest absolute Gasteiger partial charge is 0.295 e. The molecule has 28 heavy (non-hydrogen) atoms. The molecule has 0 radical (unpaired) electrons. The number of aldehydes is 1. The Morgan fingerprint density at radius 3 is 2.68 bits per heavy atom. The van der Waals surface area contributed by atoms with Gasteiger partial charge in [0.2, 0.25) is 11.7 Å². The van der Waals surface area contributed by atoms with Crippen molar-refractivity contribution in [3.63, 3.8) is 0 Å². The zero-order valence-corrected chi connectivity index (χ0v) is 17.2. The number of ketones is 1. The van der Waals surface area contributed by atoms with E-state index in [0.717, 1.165) is 51.6 Å². The summed E-state index contributed by atoms with van der Waals surface area (Å²) >= 11 is 0. The van der Waals surface area contributed by atoms with E-state index >= 15 is 0 Å². The van der Waals surface area contributed by atoms with Crippen LogP contribution in [0.3, 0.4) is 0 Å². The molecule has 1 aliphatic heterocycles. The lowest BCUT2D eigenvalue weighted by atomic mass is 9.85. The van der Waals surface area contributed by atoms with Crippen molar-refractivity contribution in [2.45, 2.75) is 65.2 Å². The molecule has 0 bridgehead atoms. The van der Waals surface area contributed by atoms with Crippen molar-refractivity contribution >= 4 is 18.0 Å². The summed E-state index contributed by atoms with van der Waals surface area (Å²) < 4.78 is 0. The highest BCUT2D eigenvalue weighted by Crippen LogP contribution is 2.23. The first-order chi connectivity index (χ1) is 13.4. The predicted molar refractivity (Wildman–Crippen MR) is 108 cm³/mol. The van der Waals surface area contributed by atoms with E-state index in [1.54, 1.807) is 20.0 Å². The van der Waals surface area contributed by atoms with Crippen molar-refractivity contribution < 1.29 is 14.4 Å². The van der Waals surface area contributed by atoms with E-state index in [4.69, 9.17) is 0 Å². The number of unbranched alkanes of at least 4 members (excludes halogenated alkanes) is 2. The van der Waals surface area contributed by atoms with Gasteiger partial charge in [-0.15, -0.1) is 0 Å². The third kappa shape index (κ3) is 6.82. The first kappa shape index (κ1) is 22.2. The molecule has 0 aliphatic carbocycles. The molecule has 2 rings (SSSR count).